The van der Waals surface area contributed by atoms with Gasteiger partial charge >= 0.3 is 0 Å². The van der Waals surface area contributed by atoms with Crippen molar-refractivity contribution in [2.45, 2.75) is 13.5 Å². The molecule has 2 aromatic carbocycles. The lowest BCUT2D eigenvalue weighted by Crippen LogP contribution is -2.31. The second kappa shape index (κ2) is 9.19. The van der Waals surface area contributed by atoms with Crippen molar-refractivity contribution in [1.82, 2.24) is 15.1 Å². The molecule has 0 aliphatic heterocycles. The maximum Gasteiger partial charge on any atom is 0.274 e. The van der Waals surface area contributed by atoms with Gasteiger partial charge in [-0.25, -0.2) is 0 Å². The maximum absolute atomic E-state index is 12.7. The number of methoxy groups -OCH3 is 1. The summed E-state index contributed by atoms with van der Waals surface area (Å²) in [6.45, 7) is 3.06. The number of benzene rings is 2. The number of nitrogens with zero attached hydrogens (tertiary/aromatic N) is 3. The zero-order chi connectivity index (χ0) is 19.9. The van der Waals surface area contributed by atoms with Gasteiger partial charge in [0.25, 0.3) is 5.91 Å². The SMILES string of the molecule is CCN(Cc1ccccc1)C(=O)c1ccc(Nc2ccc(OC)c(Cl)c2)nn1. The van der Waals surface area contributed by atoms with Crippen molar-refractivity contribution in [3.05, 3.63) is 76.9 Å². The Hall–Kier alpha value is -3.12. The zero-order valence-corrected chi connectivity index (χ0v) is 16.5. The number of hydrogen-bond acceptors (Lipinski definition) is 5. The van der Waals surface area contributed by atoms with E-state index in [-0.39, 0.29) is 5.91 Å². The second-order valence-corrected chi connectivity index (χ2v) is 6.49. The van der Waals surface area contributed by atoms with Crippen LogP contribution in [0.15, 0.2) is 60.7 Å². The number of nitrogens with one attached hydrogen (secondary N) is 1. The van der Waals surface area contributed by atoms with Crippen LogP contribution in [-0.2, 0) is 6.54 Å². The molecule has 1 aromatic heterocycles. The highest BCUT2D eigenvalue weighted by molar-refractivity contribution is 6.32. The number of carbonyl (C=O) groups excluding carboxylic acids is 1. The number of hydrogen-bond donors (Lipinski definition) is 1. The minimum atomic E-state index is -0.155. The van der Waals surface area contributed by atoms with E-state index in [9.17, 15) is 4.79 Å². The Balaban J connectivity index is 1.69. The summed E-state index contributed by atoms with van der Waals surface area (Å²) in [7, 11) is 1.56. The Labute approximate surface area is 169 Å². The summed E-state index contributed by atoms with van der Waals surface area (Å²) in [5.74, 6) is 0.958. The fourth-order valence-electron chi connectivity index (χ4n) is 2.70. The van der Waals surface area contributed by atoms with E-state index in [0.29, 0.717) is 35.4 Å². The van der Waals surface area contributed by atoms with Gasteiger partial charge in [-0.1, -0.05) is 41.9 Å². The topological polar surface area (TPSA) is 67.4 Å². The Kier molecular flexibility index (Phi) is 6.45. The van der Waals surface area contributed by atoms with Gasteiger partial charge in [0.1, 0.15) is 5.75 Å². The summed E-state index contributed by atoms with van der Waals surface area (Å²) in [4.78, 5) is 14.5. The minimum absolute atomic E-state index is 0.155. The van der Waals surface area contributed by atoms with Gasteiger partial charge in [-0.2, -0.15) is 0 Å². The fraction of sp³-hybridized carbons (Fsp3) is 0.190. The molecule has 0 fully saturated rings. The number of anilines is 2. The summed E-state index contributed by atoms with van der Waals surface area (Å²) in [6, 6.07) is 18.6. The molecule has 0 radical (unpaired) electrons. The van der Waals surface area contributed by atoms with Crippen molar-refractivity contribution in [2.75, 3.05) is 19.0 Å². The molecule has 1 N–H and O–H groups in total. The summed E-state index contributed by atoms with van der Waals surface area (Å²) in [5.41, 5.74) is 2.12. The lowest BCUT2D eigenvalue weighted by molar-refractivity contribution is 0.0745. The Morgan fingerprint density at radius 1 is 1.11 bits per heavy atom. The van der Waals surface area contributed by atoms with Gasteiger partial charge < -0.3 is 15.0 Å². The third-order valence-corrected chi connectivity index (χ3v) is 4.49. The molecule has 1 amide bonds. The average molecular weight is 397 g/mol. The third kappa shape index (κ3) is 4.78. The second-order valence-electron chi connectivity index (χ2n) is 6.08. The minimum Gasteiger partial charge on any atom is -0.495 e. The molecule has 6 nitrogen and oxygen atoms in total. The fourth-order valence-corrected chi connectivity index (χ4v) is 2.96. The van der Waals surface area contributed by atoms with Crippen molar-refractivity contribution in [1.29, 1.82) is 0 Å². The molecule has 28 heavy (non-hydrogen) atoms. The van der Waals surface area contributed by atoms with Crippen molar-refractivity contribution < 1.29 is 9.53 Å². The molecule has 0 bridgehead atoms. The molecule has 0 unspecified atom stereocenters. The number of rotatable bonds is 7. The van der Waals surface area contributed by atoms with Gasteiger partial charge in [-0.15, -0.1) is 10.2 Å². The van der Waals surface area contributed by atoms with Crippen LogP contribution >= 0.6 is 11.6 Å². The highest BCUT2D eigenvalue weighted by atomic mass is 35.5. The number of ether oxygens (including phenoxy) is 1. The molecular formula is C21H21ClN4O2. The summed E-state index contributed by atoms with van der Waals surface area (Å²) >= 11 is 6.13. The van der Waals surface area contributed by atoms with Crippen LogP contribution in [-0.4, -0.2) is 34.7 Å². The van der Waals surface area contributed by atoms with Crippen LogP contribution in [0.3, 0.4) is 0 Å². The molecule has 0 spiro atoms. The molecule has 144 valence electrons. The first-order chi connectivity index (χ1) is 13.6. The number of aromatic nitrogens is 2. The van der Waals surface area contributed by atoms with Crippen LogP contribution in [0.25, 0.3) is 0 Å². The van der Waals surface area contributed by atoms with Gasteiger partial charge in [0.05, 0.1) is 12.1 Å². The summed E-state index contributed by atoms with van der Waals surface area (Å²) in [5, 5.41) is 11.8. The van der Waals surface area contributed by atoms with Crippen molar-refractivity contribution in [2.24, 2.45) is 0 Å². The van der Waals surface area contributed by atoms with Crippen molar-refractivity contribution >= 4 is 29.0 Å². The van der Waals surface area contributed by atoms with Crippen LogP contribution < -0.4 is 10.1 Å². The molecule has 0 aliphatic rings. The van der Waals surface area contributed by atoms with E-state index < -0.39 is 0 Å². The predicted octanol–water partition coefficient (Wildman–Crippen LogP) is 4.54. The molecule has 3 aromatic rings. The van der Waals surface area contributed by atoms with Gasteiger partial charge in [0.2, 0.25) is 0 Å². The molecule has 0 saturated carbocycles. The molecule has 0 atom stereocenters. The van der Waals surface area contributed by atoms with Gasteiger partial charge in [-0.3, -0.25) is 4.79 Å². The Morgan fingerprint density at radius 2 is 1.89 bits per heavy atom. The molecule has 3 rings (SSSR count). The van der Waals surface area contributed by atoms with Crippen LogP contribution in [0.1, 0.15) is 23.0 Å². The monoisotopic (exact) mass is 396 g/mol. The van der Waals surface area contributed by atoms with Gasteiger partial charge in [-0.05, 0) is 42.8 Å². The first kappa shape index (κ1) is 19.6. The van der Waals surface area contributed by atoms with Crippen LogP contribution in [0.2, 0.25) is 5.02 Å². The van der Waals surface area contributed by atoms with E-state index in [4.69, 9.17) is 16.3 Å². The molecule has 7 heteroatoms. The smallest absolute Gasteiger partial charge is 0.274 e. The highest BCUT2D eigenvalue weighted by Crippen LogP contribution is 2.28. The molecule has 0 aliphatic carbocycles. The standard InChI is InChI=1S/C21H21ClN4O2/c1-3-26(14-15-7-5-4-6-8-15)21(27)18-10-12-20(25-24-18)23-16-9-11-19(28-2)17(22)13-16/h4-13H,3,14H2,1-2H3,(H,23,25). The summed E-state index contributed by atoms with van der Waals surface area (Å²) < 4.78 is 5.14. The molecule has 0 saturated heterocycles. The van der Waals surface area contributed by atoms with Gasteiger partial charge in [0, 0.05) is 18.8 Å². The first-order valence-corrected chi connectivity index (χ1v) is 9.26. The number of amides is 1. The van der Waals surface area contributed by atoms with E-state index in [1.165, 1.54) is 0 Å². The van der Waals surface area contributed by atoms with Crippen LogP contribution in [0, 0.1) is 0 Å². The molecule has 1 heterocycles. The predicted molar refractivity (Wildman–Crippen MR) is 110 cm³/mol. The lowest BCUT2D eigenvalue weighted by Gasteiger charge is -2.20. The maximum atomic E-state index is 12.7. The van der Waals surface area contributed by atoms with E-state index in [0.717, 1.165) is 11.3 Å². The third-order valence-electron chi connectivity index (χ3n) is 4.19. The zero-order valence-electron chi connectivity index (χ0n) is 15.7. The van der Waals surface area contributed by atoms with Crippen molar-refractivity contribution in [3.63, 3.8) is 0 Å². The molecular weight excluding hydrogens is 376 g/mol. The highest BCUT2D eigenvalue weighted by Gasteiger charge is 2.16. The quantitative estimate of drug-likeness (QED) is 0.634. The first-order valence-electron chi connectivity index (χ1n) is 8.88. The van der Waals surface area contributed by atoms with E-state index in [1.54, 1.807) is 36.3 Å². The average Bonchev–Trinajstić information content (AvgIpc) is 2.73. The van der Waals surface area contributed by atoms with E-state index in [2.05, 4.69) is 15.5 Å². The lowest BCUT2D eigenvalue weighted by atomic mass is 10.2. The Morgan fingerprint density at radius 3 is 2.50 bits per heavy atom. The normalized spacial score (nSPS) is 10.4. The van der Waals surface area contributed by atoms with Gasteiger partial charge in [0.15, 0.2) is 11.5 Å². The van der Waals surface area contributed by atoms with E-state index >= 15 is 0 Å². The Bertz CT molecular complexity index is 933. The summed E-state index contributed by atoms with van der Waals surface area (Å²) in [6.07, 6.45) is 0. The number of halogens is 1. The van der Waals surface area contributed by atoms with Crippen molar-refractivity contribution in [3.8, 4) is 5.75 Å². The van der Waals surface area contributed by atoms with Crippen LogP contribution in [0.5, 0.6) is 5.75 Å². The van der Waals surface area contributed by atoms with E-state index in [1.807, 2.05) is 43.3 Å². The van der Waals surface area contributed by atoms with Crippen LogP contribution in [0.4, 0.5) is 11.5 Å². The largest absolute Gasteiger partial charge is 0.495 e. The number of carbonyl (C=O) groups is 1.